The van der Waals surface area contributed by atoms with Crippen LogP contribution in [0.25, 0.3) is 5.70 Å². The van der Waals surface area contributed by atoms with E-state index in [2.05, 4.69) is 93.2 Å². The van der Waals surface area contributed by atoms with Crippen molar-refractivity contribution in [2.24, 2.45) is 21.5 Å². The number of aryl methyl sites for hydroxylation is 1. The number of anilines is 2. The molecule has 2 aliphatic rings. The number of nitrogens with zero attached hydrogens (tertiary/aromatic N) is 6. The Morgan fingerprint density at radius 3 is 2.37 bits per heavy atom. The fourth-order valence-corrected chi connectivity index (χ4v) is 7.54. The zero-order valence-corrected chi connectivity index (χ0v) is 32.8. The molecular weight excluding hydrogens is 697 g/mol. The summed E-state index contributed by atoms with van der Waals surface area (Å²) in [5, 5.41) is 4.70. The Balaban J connectivity index is 1.64. The third-order valence-corrected chi connectivity index (χ3v) is 11.2. The molecule has 2 heterocycles. The molecule has 0 atom stereocenters. The van der Waals surface area contributed by atoms with Gasteiger partial charge in [0, 0.05) is 88.4 Å². The number of halogens is 1. The number of allylic oxidation sites excluding steroid dienone is 2. The second-order valence-electron chi connectivity index (χ2n) is 13.0. The molecule has 0 amide bonds. The number of nitrogens with two attached hydrogens (primary N) is 2. The largest absolute Gasteiger partial charge is 0.494 e. The number of benzene rings is 2. The van der Waals surface area contributed by atoms with Gasteiger partial charge in [-0.2, -0.15) is 0 Å². The predicted octanol–water partition coefficient (Wildman–Crippen LogP) is 5.58. The monoisotopic (exact) mass is 751 g/mol. The van der Waals surface area contributed by atoms with Crippen LogP contribution in [0, 0.1) is 0 Å². The molecule has 0 radical (unpaired) electrons. The topological polar surface area (TPSA) is 111 Å². The Bertz CT molecular complexity index is 1570. The Kier molecular flexibility index (Phi) is 14.1. The van der Waals surface area contributed by atoms with Gasteiger partial charge in [0.2, 0.25) is 0 Å². The Morgan fingerprint density at radius 1 is 1.08 bits per heavy atom. The first kappa shape index (κ1) is 38.4. The molecule has 2 aromatic rings. The minimum atomic E-state index is -0.517. The summed E-state index contributed by atoms with van der Waals surface area (Å²) in [4.78, 5) is 18.7. The van der Waals surface area contributed by atoms with Crippen molar-refractivity contribution in [3.05, 3.63) is 70.1 Å². The number of rotatable bonds is 12. The summed E-state index contributed by atoms with van der Waals surface area (Å²) in [5.74, 6) is 1.99. The number of aliphatic imine (C=N–C) groups is 2. The van der Waals surface area contributed by atoms with Gasteiger partial charge in [0.1, 0.15) is 11.6 Å². The van der Waals surface area contributed by atoms with Crippen LogP contribution in [-0.2, 0) is 6.42 Å². The first-order chi connectivity index (χ1) is 23.4. The van der Waals surface area contributed by atoms with E-state index in [1.165, 1.54) is 37.2 Å². The van der Waals surface area contributed by atoms with Crippen molar-refractivity contribution in [3.63, 3.8) is 0 Å². The SMILES string of the molecule is C=N/C=C(/Br)C(=Nc1ccc(/C(N)=C/C=C(\N)N(C)C)cc1P(C)C)Nc1cc(CC)c(N2CCC(N3CCN(C)CC3)CC2)cc1OC. The number of ether oxygens (including phenoxy) is 1. The molecule has 0 bridgehead atoms. The van der Waals surface area contributed by atoms with Gasteiger partial charge < -0.3 is 36.2 Å². The van der Waals surface area contributed by atoms with Gasteiger partial charge >= 0.3 is 0 Å². The quantitative estimate of drug-likeness (QED) is 0.112. The van der Waals surface area contributed by atoms with Crippen molar-refractivity contribution >= 4 is 64.5 Å². The third kappa shape index (κ3) is 10.1. The van der Waals surface area contributed by atoms with E-state index in [9.17, 15) is 0 Å². The highest BCUT2D eigenvalue weighted by atomic mass is 79.9. The molecule has 266 valence electrons. The number of likely N-dealkylation sites (N-methyl/N-ethyl adjacent to an activating group) is 1. The molecule has 0 unspecified atom stereocenters. The maximum atomic E-state index is 6.47. The van der Waals surface area contributed by atoms with E-state index in [-0.39, 0.29) is 0 Å². The van der Waals surface area contributed by atoms with Crippen molar-refractivity contribution in [1.82, 2.24) is 14.7 Å². The molecule has 0 aliphatic carbocycles. The molecule has 4 rings (SSSR count). The van der Waals surface area contributed by atoms with Crippen LogP contribution in [0.15, 0.2) is 69.0 Å². The first-order valence-corrected chi connectivity index (χ1v) is 20.0. The Hall–Kier alpha value is -3.37. The number of piperidine rings is 1. The minimum Gasteiger partial charge on any atom is -0.494 e. The van der Waals surface area contributed by atoms with E-state index in [1.54, 1.807) is 13.3 Å². The molecule has 2 aliphatic heterocycles. The Labute approximate surface area is 303 Å². The van der Waals surface area contributed by atoms with Crippen LogP contribution in [0.5, 0.6) is 5.75 Å². The fraction of sp³-hybridized carbons (Fsp3) is 0.459. The smallest absolute Gasteiger partial charge is 0.147 e. The lowest BCUT2D eigenvalue weighted by atomic mass is 9.99. The molecule has 10 nitrogen and oxygen atoms in total. The minimum absolute atomic E-state index is 0.517. The van der Waals surface area contributed by atoms with Crippen LogP contribution in [0.1, 0.15) is 30.9 Å². The van der Waals surface area contributed by atoms with Gasteiger partial charge in [-0.05, 0) is 104 Å². The number of amidine groups is 1. The van der Waals surface area contributed by atoms with Crippen molar-refractivity contribution in [2.75, 3.05) is 91.1 Å². The lowest BCUT2D eigenvalue weighted by Crippen LogP contribution is -2.52. The normalized spacial score (nSPS) is 17.9. The highest BCUT2D eigenvalue weighted by molar-refractivity contribution is 9.12. The average molecular weight is 753 g/mol. The van der Waals surface area contributed by atoms with E-state index in [0.29, 0.717) is 27.9 Å². The summed E-state index contributed by atoms with van der Waals surface area (Å²) in [6.45, 7) is 17.0. The summed E-state index contributed by atoms with van der Waals surface area (Å²) >= 11 is 3.70. The second-order valence-corrected chi connectivity index (χ2v) is 16.2. The predicted molar refractivity (Wildman–Crippen MR) is 217 cm³/mol. The standard InChI is InChI=1S/C37H55BrN9OP/c1-9-26-22-32(34(48-6)24-33(26)47-16-14-28(15-17-47)46-20-18-45(5)19-21-46)43-37(29(38)25-41-2)42-31-12-10-27(23-35(31)49(7)8)30(39)11-13-36(40)44(3)4/h10-13,22-25,28H,2,9,14-21,39-40H2,1,3-8H3,(H,42,43)/b29-25+,30-11-,36-13+. The van der Waals surface area contributed by atoms with E-state index in [0.717, 1.165) is 60.6 Å². The maximum absolute atomic E-state index is 6.47. The molecule has 2 aromatic carbocycles. The number of methoxy groups -OCH3 is 1. The Morgan fingerprint density at radius 2 is 1.78 bits per heavy atom. The van der Waals surface area contributed by atoms with Crippen molar-refractivity contribution in [3.8, 4) is 5.75 Å². The first-order valence-electron chi connectivity index (χ1n) is 16.9. The van der Waals surface area contributed by atoms with Crippen molar-refractivity contribution in [2.45, 2.75) is 32.2 Å². The van der Waals surface area contributed by atoms with Crippen molar-refractivity contribution < 1.29 is 4.74 Å². The number of nitrogens with one attached hydrogen (secondary N) is 1. The highest BCUT2D eigenvalue weighted by Crippen LogP contribution is 2.37. The van der Waals surface area contributed by atoms with E-state index in [1.807, 2.05) is 43.3 Å². The van der Waals surface area contributed by atoms with Gasteiger partial charge in [0.25, 0.3) is 0 Å². The summed E-state index contributed by atoms with van der Waals surface area (Å²) in [7, 11) is 7.22. The molecule has 2 saturated heterocycles. The van der Waals surface area contributed by atoms with Crippen molar-refractivity contribution in [1.29, 1.82) is 0 Å². The maximum Gasteiger partial charge on any atom is 0.147 e. The molecule has 49 heavy (non-hydrogen) atoms. The lowest BCUT2D eigenvalue weighted by molar-refractivity contribution is 0.0982. The fourth-order valence-electron chi connectivity index (χ4n) is 6.22. The van der Waals surface area contributed by atoms with E-state index in [4.69, 9.17) is 21.2 Å². The molecule has 12 heteroatoms. The van der Waals surface area contributed by atoms with Crippen LogP contribution >= 0.6 is 23.9 Å². The van der Waals surface area contributed by atoms with E-state index >= 15 is 0 Å². The van der Waals surface area contributed by atoms with Crippen LogP contribution < -0.4 is 31.7 Å². The average Bonchev–Trinajstić information content (AvgIpc) is 3.10. The molecule has 2 fully saturated rings. The third-order valence-electron chi connectivity index (χ3n) is 9.30. The summed E-state index contributed by atoms with van der Waals surface area (Å²) < 4.78 is 6.66. The molecule has 0 saturated carbocycles. The zero-order valence-electron chi connectivity index (χ0n) is 30.3. The summed E-state index contributed by atoms with van der Waals surface area (Å²) in [6, 6.07) is 11.2. The lowest BCUT2D eigenvalue weighted by Gasteiger charge is -2.43. The molecule has 0 aromatic heterocycles. The van der Waals surface area contributed by atoms with Crippen LogP contribution in [-0.4, -0.2) is 114 Å². The molecule has 0 spiro atoms. The van der Waals surface area contributed by atoms with Crippen LogP contribution in [0.3, 0.4) is 0 Å². The van der Waals surface area contributed by atoms with Gasteiger partial charge in [0.15, 0.2) is 0 Å². The van der Waals surface area contributed by atoms with Gasteiger partial charge in [-0.15, -0.1) is 0 Å². The molecule has 5 N–H and O–H groups in total. The number of piperazine rings is 1. The van der Waals surface area contributed by atoms with Crippen LogP contribution in [0.2, 0.25) is 0 Å². The second kappa shape index (κ2) is 18.0. The zero-order chi connectivity index (χ0) is 35.7. The van der Waals surface area contributed by atoms with Gasteiger partial charge in [-0.25, -0.2) is 4.99 Å². The summed E-state index contributed by atoms with van der Waals surface area (Å²) in [6.07, 6.45) is 8.56. The van der Waals surface area contributed by atoms with Gasteiger partial charge in [-0.3, -0.25) is 9.89 Å². The van der Waals surface area contributed by atoms with Gasteiger partial charge in [0.05, 0.1) is 28.8 Å². The number of hydrogen-bond donors (Lipinski definition) is 3. The molecular formula is C37H55BrN9OP. The van der Waals surface area contributed by atoms with Crippen LogP contribution in [0.4, 0.5) is 17.1 Å². The number of hydrogen-bond acceptors (Lipinski definition) is 9. The van der Waals surface area contributed by atoms with E-state index < -0.39 is 7.92 Å². The summed E-state index contributed by atoms with van der Waals surface area (Å²) in [5.41, 5.74) is 18.3. The highest BCUT2D eigenvalue weighted by Gasteiger charge is 2.28. The van der Waals surface area contributed by atoms with Gasteiger partial charge in [-0.1, -0.05) is 20.9 Å².